The van der Waals surface area contributed by atoms with Gasteiger partial charge < -0.3 is 26.2 Å². The maximum Gasteiger partial charge on any atom is 2.00 e. The van der Waals surface area contributed by atoms with Gasteiger partial charge in [0.15, 0.2) is 0 Å². The van der Waals surface area contributed by atoms with Crippen molar-refractivity contribution in [3.8, 4) is 0 Å². The van der Waals surface area contributed by atoms with Crippen molar-refractivity contribution >= 4 is 60.5 Å². The Kier molecular flexibility index (Phi) is 71.3. The molecule has 0 rings (SSSR count). The zero-order chi connectivity index (χ0) is 4.50. The summed E-state index contributed by atoms with van der Waals surface area (Å²) in [6.07, 6.45) is 0. The summed E-state index contributed by atoms with van der Waals surface area (Å²) in [4.78, 5) is 0. The number of hydrogen-bond acceptors (Lipinski definition) is 5. The molecule has 7 nitrogen and oxygen atoms in total. The summed E-state index contributed by atoms with van der Waals surface area (Å²) < 4.78 is 34.1. The van der Waals surface area contributed by atoms with Gasteiger partial charge in [0.1, 0.15) is 0 Å². The first-order valence-electron chi connectivity index (χ1n) is 0.667. The van der Waals surface area contributed by atoms with E-state index in [0.717, 1.165) is 0 Å². The third kappa shape index (κ3) is 379. The number of halogens is 1. The summed E-state index contributed by atoms with van der Waals surface area (Å²) in [5, 5.41) is 0. The van der Waals surface area contributed by atoms with E-state index in [4.69, 9.17) is 17.5 Å². The molecule has 0 saturated carbocycles. The van der Waals surface area contributed by atoms with Gasteiger partial charge >= 0.3 is 37.7 Å². The normalized spacial score (nSPS) is 5.80. The molecular formula is H8CaClNO6S. The first-order valence-corrected chi connectivity index (χ1v) is 2.00. The summed E-state index contributed by atoms with van der Waals surface area (Å²) in [6, 6.07) is 0. The SMILES string of the molecule is Cl.N.O.O.O=S(=O)([O-])[O-].[Ca+2]. The molecule has 0 bridgehead atoms. The maximum absolute atomic E-state index is 8.52. The van der Waals surface area contributed by atoms with Crippen molar-refractivity contribution in [1.29, 1.82) is 0 Å². The molecule has 10 heteroatoms. The molecule has 0 spiro atoms. The fourth-order valence-corrected chi connectivity index (χ4v) is 0. The van der Waals surface area contributed by atoms with Gasteiger partial charge in [0.2, 0.25) is 0 Å². The maximum atomic E-state index is 8.52. The van der Waals surface area contributed by atoms with Crippen LogP contribution in [0.3, 0.4) is 0 Å². The van der Waals surface area contributed by atoms with Gasteiger partial charge in [-0.25, -0.2) is 0 Å². The van der Waals surface area contributed by atoms with Crippen LogP contribution in [0.2, 0.25) is 0 Å². The second-order valence-electron chi connectivity index (χ2n) is 0.408. The Morgan fingerprint density at radius 2 is 1.00 bits per heavy atom. The Morgan fingerprint density at radius 3 is 1.00 bits per heavy atom. The minimum absolute atomic E-state index is 0. The minimum Gasteiger partial charge on any atom is -0.759 e. The molecule has 0 radical (unpaired) electrons. The van der Waals surface area contributed by atoms with Gasteiger partial charge in [-0.15, -0.1) is 12.4 Å². The van der Waals surface area contributed by atoms with E-state index in [1.54, 1.807) is 0 Å². The van der Waals surface area contributed by atoms with E-state index in [0.29, 0.717) is 0 Å². The smallest absolute Gasteiger partial charge is 0.759 e. The van der Waals surface area contributed by atoms with Gasteiger partial charge in [0, 0.05) is 10.4 Å². The molecule has 64 valence electrons. The number of hydrogen-bond donors (Lipinski definition) is 1. The van der Waals surface area contributed by atoms with Crippen molar-refractivity contribution < 1.29 is 28.5 Å². The number of rotatable bonds is 0. The molecule has 0 aromatic carbocycles. The van der Waals surface area contributed by atoms with Crippen molar-refractivity contribution in [2.45, 2.75) is 0 Å². The van der Waals surface area contributed by atoms with Crippen LogP contribution in [0.4, 0.5) is 0 Å². The molecule has 0 aliphatic heterocycles. The van der Waals surface area contributed by atoms with Gasteiger partial charge in [-0.3, -0.25) is 8.42 Å². The predicted octanol–water partition coefficient (Wildman–Crippen LogP) is -2.78. The molecule has 0 amide bonds. The molecule has 0 aromatic heterocycles. The van der Waals surface area contributed by atoms with E-state index >= 15 is 0 Å². The summed E-state index contributed by atoms with van der Waals surface area (Å²) >= 11 is 0. The predicted molar refractivity (Wildman–Crippen MR) is 35.7 cm³/mol. The molecule has 0 saturated heterocycles. The van der Waals surface area contributed by atoms with Crippen molar-refractivity contribution in [3.05, 3.63) is 0 Å². The molecule has 0 aromatic rings. The van der Waals surface area contributed by atoms with Crippen molar-refractivity contribution in [3.63, 3.8) is 0 Å². The van der Waals surface area contributed by atoms with E-state index in [-0.39, 0.29) is 67.2 Å². The van der Waals surface area contributed by atoms with Crippen LogP contribution in [0, 0.1) is 0 Å². The van der Waals surface area contributed by atoms with Gasteiger partial charge in [-0.1, -0.05) is 0 Å². The van der Waals surface area contributed by atoms with E-state index < -0.39 is 10.4 Å². The van der Waals surface area contributed by atoms with E-state index in [9.17, 15) is 0 Å². The van der Waals surface area contributed by atoms with Gasteiger partial charge in [0.05, 0.1) is 0 Å². The van der Waals surface area contributed by atoms with Crippen molar-refractivity contribution in [2.24, 2.45) is 0 Å². The van der Waals surface area contributed by atoms with Crippen LogP contribution in [0.25, 0.3) is 0 Å². The quantitative estimate of drug-likeness (QED) is 0.265. The fraction of sp³-hybridized carbons (Fsp3) is 0. The van der Waals surface area contributed by atoms with Crippen LogP contribution in [-0.4, -0.2) is 66.2 Å². The largest absolute Gasteiger partial charge is 2.00 e. The Labute approximate surface area is 94.4 Å². The van der Waals surface area contributed by atoms with Crippen LogP contribution in [-0.2, 0) is 10.4 Å². The van der Waals surface area contributed by atoms with Crippen LogP contribution in [0.15, 0.2) is 0 Å². The van der Waals surface area contributed by atoms with Crippen LogP contribution in [0.5, 0.6) is 0 Å². The van der Waals surface area contributed by atoms with Crippen LogP contribution >= 0.6 is 12.4 Å². The summed E-state index contributed by atoms with van der Waals surface area (Å²) in [5.74, 6) is 0. The van der Waals surface area contributed by atoms with Crippen LogP contribution in [0.1, 0.15) is 0 Å². The zero-order valence-electron chi connectivity index (χ0n) is 4.86. The topological polar surface area (TPSA) is 178 Å². The third-order valence-electron chi connectivity index (χ3n) is 0. The average molecular weight is 226 g/mol. The van der Waals surface area contributed by atoms with E-state index in [2.05, 4.69) is 0 Å². The molecule has 0 atom stereocenters. The zero-order valence-corrected chi connectivity index (χ0v) is 8.71. The second kappa shape index (κ2) is 16.7. The van der Waals surface area contributed by atoms with Crippen molar-refractivity contribution in [2.75, 3.05) is 0 Å². The first kappa shape index (κ1) is 42.7. The summed E-state index contributed by atoms with van der Waals surface area (Å²) in [5.41, 5.74) is 0. The summed E-state index contributed by atoms with van der Waals surface area (Å²) in [7, 11) is -5.17. The molecule has 0 unspecified atom stereocenters. The first-order chi connectivity index (χ1) is 2.00. The molecule has 7 N–H and O–H groups in total. The third-order valence-corrected chi connectivity index (χ3v) is 0. The van der Waals surface area contributed by atoms with E-state index in [1.807, 2.05) is 0 Å². The molecule has 0 aliphatic carbocycles. The fourth-order valence-electron chi connectivity index (χ4n) is 0. The van der Waals surface area contributed by atoms with Crippen LogP contribution < -0.4 is 6.15 Å². The molecule has 0 heterocycles. The monoisotopic (exact) mass is 225 g/mol. The average Bonchev–Trinajstić information content (AvgIpc) is 0.722. The Bertz CT molecular complexity index is 101. The Morgan fingerprint density at radius 1 is 1.00 bits per heavy atom. The minimum atomic E-state index is -5.17. The molecule has 0 aliphatic rings. The summed E-state index contributed by atoms with van der Waals surface area (Å²) in [6.45, 7) is 0. The van der Waals surface area contributed by atoms with E-state index in [1.165, 1.54) is 0 Å². The molecule has 0 fully saturated rings. The van der Waals surface area contributed by atoms with Gasteiger partial charge in [-0.05, 0) is 0 Å². The van der Waals surface area contributed by atoms with Gasteiger partial charge in [-0.2, -0.15) is 0 Å². The standard InChI is InChI=1S/Ca.ClH.H3N.H2O4S.2H2O/c;;;1-5(2,3)4;;/h;1H;1H3;(H2,1,2,3,4);2*1H2/q+2;;;;;/p-2. The van der Waals surface area contributed by atoms with Gasteiger partial charge in [0.25, 0.3) is 0 Å². The Balaban J connectivity index is -0.00000000800. The molecular weight excluding hydrogens is 218 g/mol. The van der Waals surface area contributed by atoms with Crippen molar-refractivity contribution in [1.82, 2.24) is 6.15 Å². The Hall–Kier alpha value is 1.30. The second-order valence-corrected chi connectivity index (χ2v) is 1.22. The molecule has 10 heavy (non-hydrogen) atoms.